The highest BCUT2D eigenvalue weighted by Crippen LogP contribution is 2.41. The summed E-state index contributed by atoms with van der Waals surface area (Å²) in [6.07, 6.45) is 4.95. The van der Waals surface area contributed by atoms with Gasteiger partial charge >= 0.3 is 0 Å². The summed E-state index contributed by atoms with van der Waals surface area (Å²) in [5.74, 6) is 0.131. The average Bonchev–Trinajstić information content (AvgIpc) is 2.88. The molecular formula is C13H13BrN2OS. The van der Waals surface area contributed by atoms with Gasteiger partial charge in [0.25, 0.3) is 0 Å². The topological polar surface area (TPSA) is 44.1 Å². The van der Waals surface area contributed by atoms with Gasteiger partial charge in [0.1, 0.15) is 11.1 Å². The van der Waals surface area contributed by atoms with Crippen LogP contribution in [0, 0.1) is 11.3 Å². The Labute approximate surface area is 119 Å². The Kier molecular flexibility index (Phi) is 3.16. The van der Waals surface area contributed by atoms with E-state index in [-0.39, 0.29) is 10.7 Å². The minimum Gasteiger partial charge on any atom is -0.302 e. The number of fused-ring (bicyclic) bond motifs is 1. The molecule has 1 fully saturated rings. The number of carbonyl (C=O) groups excluding carboxylic acids is 1. The van der Waals surface area contributed by atoms with Crippen molar-refractivity contribution in [3.63, 3.8) is 0 Å². The fourth-order valence-electron chi connectivity index (χ4n) is 2.72. The van der Waals surface area contributed by atoms with E-state index in [0.29, 0.717) is 13.0 Å². The first kappa shape index (κ1) is 12.2. The molecule has 5 heteroatoms. The molecule has 1 aliphatic heterocycles. The SMILES string of the molecule is N#Cc1c(N2CC(Br)CC2=O)sc2c1CCCC2. The van der Waals surface area contributed by atoms with Crippen molar-refractivity contribution >= 4 is 38.2 Å². The maximum absolute atomic E-state index is 12.0. The predicted molar refractivity (Wildman–Crippen MR) is 75.4 cm³/mol. The van der Waals surface area contributed by atoms with Crippen LogP contribution in [0.2, 0.25) is 0 Å². The fourth-order valence-corrected chi connectivity index (χ4v) is 4.65. The van der Waals surface area contributed by atoms with Crippen LogP contribution in [0.3, 0.4) is 0 Å². The van der Waals surface area contributed by atoms with Gasteiger partial charge in [0, 0.05) is 22.7 Å². The fraction of sp³-hybridized carbons (Fsp3) is 0.538. The highest BCUT2D eigenvalue weighted by molar-refractivity contribution is 9.09. The maximum Gasteiger partial charge on any atom is 0.228 e. The number of nitrogens with zero attached hydrogens (tertiary/aromatic N) is 2. The van der Waals surface area contributed by atoms with Gasteiger partial charge in [-0.1, -0.05) is 15.9 Å². The van der Waals surface area contributed by atoms with Crippen LogP contribution < -0.4 is 4.90 Å². The van der Waals surface area contributed by atoms with Crippen LogP contribution in [0.1, 0.15) is 35.3 Å². The Balaban J connectivity index is 2.05. The van der Waals surface area contributed by atoms with Gasteiger partial charge in [0.05, 0.1) is 5.56 Å². The molecule has 94 valence electrons. The normalized spacial score (nSPS) is 23.0. The van der Waals surface area contributed by atoms with Crippen LogP contribution >= 0.6 is 27.3 Å². The Morgan fingerprint density at radius 1 is 1.39 bits per heavy atom. The third kappa shape index (κ3) is 1.88. The van der Waals surface area contributed by atoms with Crippen molar-refractivity contribution in [3.05, 3.63) is 16.0 Å². The number of nitriles is 1. The molecule has 1 saturated heterocycles. The average molecular weight is 325 g/mol. The van der Waals surface area contributed by atoms with E-state index in [1.807, 2.05) is 0 Å². The summed E-state index contributed by atoms with van der Waals surface area (Å²) in [7, 11) is 0. The van der Waals surface area contributed by atoms with E-state index in [4.69, 9.17) is 0 Å². The van der Waals surface area contributed by atoms with Crippen molar-refractivity contribution in [1.29, 1.82) is 5.26 Å². The van der Waals surface area contributed by atoms with Gasteiger partial charge in [-0.25, -0.2) is 0 Å². The van der Waals surface area contributed by atoms with E-state index in [1.54, 1.807) is 16.2 Å². The van der Waals surface area contributed by atoms with Crippen LogP contribution in [0.5, 0.6) is 0 Å². The number of halogens is 1. The molecule has 1 atom stereocenters. The third-order valence-corrected chi connectivity index (χ3v) is 5.52. The summed E-state index contributed by atoms with van der Waals surface area (Å²) in [5.41, 5.74) is 1.96. The molecule has 1 amide bonds. The van der Waals surface area contributed by atoms with Crippen LogP contribution in [0.15, 0.2) is 0 Å². The largest absolute Gasteiger partial charge is 0.302 e. The number of thiophene rings is 1. The van der Waals surface area contributed by atoms with Crippen LogP contribution in [0.4, 0.5) is 5.00 Å². The minimum atomic E-state index is 0.131. The first-order chi connectivity index (χ1) is 8.70. The number of rotatable bonds is 1. The zero-order valence-electron chi connectivity index (χ0n) is 9.91. The minimum absolute atomic E-state index is 0.131. The van der Waals surface area contributed by atoms with E-state index in [2.05, 4.69) is 22.0 Å². The molecule has 3 nitrogen and oxygen atoms in total. The summed E-state index contributed by atoms with van der Waals surface area (Å²) in [6, 6.07) is 2.32. The van der Waals surface area contributed by atoms with Crippen LogP contribution in [-0.2, 0) is 17.6 Å². The van der Waals surface area contributed by atoms with Crippen molar-refractivity contribution in [2.75, 3.05) is 11.4 Å². The highest BCUT2D eigenvalue weighted by Gasteiger charge is 2.33. The Morgan fingerprint density at radius 2 is 2.17 bits per heavy atom. The molecule has 1 aromatic rings. The van der Waals surface area contributed by atoms with Crippen LogP contribution in [-0.4, -0.2) is 17.3 Å². The van der Waals surface area contributed by atoms with Gasteiger partial charge in [-0.3, -0.25) is 4.79 Å². The lowest BCUT2D eigenvalue weighted by Gasteiger charge is -2.14. The molecule has 1 aromatic heterocycles. The van der Waals surface area contributed by atoms with E-state index in [9.17, 15) is 10.1 Å². The van der Waals surface area contributed by atoms with Crippen molar-refractivity contribution < 1.29 is 4.79 Å². The third-order valence-electron chi connectivity index (χ3n) is 3.59. The van der Waals surface area contributed by atoms with Gasteiger partial charge in [-0.15, -0.1) is 11.3 Å². The second kappa shape index (κ2) is 4.67. The molecule has 0 saturated carbocycles. The molecule has 3 rings (SSSR count). The van der Waals surface area contributed by atoms with Crippen molar-refractivity contribution in [1.82, 2.24) is 0 Å². The molecular weight excluding hydrogens is 312 g/mol. The zero-order valence-corrected chi connectivity index (χ0v) is 12.3. The number of hydrogen-bond acceptors (Lipinski definition) is 3. The van der Waals surface area contributed by atoms with E-state index < -0.39 is 0 Å². The lowest BCUT2D eigenvalue weighted by Crippen LogP contribution is -2.24. The summed E-state index contributed by atoms with van der Waals surface area (Å²) in [5, 5.41) is 10.3. The number of anilines is 1. The summed E-state index contributed by atoms with van der Waals surface area (Å²) < 4.78 is 0. The molecule has 0 radical (unpaired) electrons. The smallest absolute Gasteiger partial charge is 0.228 e. The quantitative estimate of drug-likeness (QED) is 0.745. The highest BCUT2D eigenvalue weighted by atomic mass is 79.9. The first-order valence-corrected chi connectivity index (χ1v) is 7.93. The second-order valence-corrected chi connectivity index (χ2v) is 7.19. The van der Waals surface area contributed by atoms with Crippen molar-refractivity contribution in [3.8, 4) is 6.07 Å². The van der Waals surface area contributed by atoms with E-state index in [1.165, 1.54) is 16.9 Å². The lowest BCUT2D eigenvalue weighted by atomic mass is 9.96. The van der Waals surface area contributed by atoms with Gasteiger partial charge in [0.15, 0.2) is 0 Å². The second-order valence-electron chi connectivity index (χ2n) is 4.81. The lowest BCUT2D eigenvalue weighted by molar-refractivity contribution is -0.116. The molecule has 18 heavy (non-hydrogen) atoms. The molecule has 0 N–H and O–H groups in total. The van der Waals surface area contributed by atoms with Crippen LogP contribution in [0.25, 0.3) is 0 Å². The van der Waals surface area contributed by atoms with E-state index in [0.717, 1.165) is 29.8 Å². The predicted octanol–water partition coefficient (Wildman–Crippen LogP) is 3.00. The van der Waals surface area contributed by atoms with Gasteiger partial charge in [0.2, 0.25) is 5.91 Å². The molecule has 0 bridgehead atoms. The number of aryl methyl sites for hydroxylation is 1. The monoisotopic (exact) mass is 324 g/mol. The number of alkyl halides is 1. The zero-order chi connectivity index (χ0) is 12.7. The summed E-state index contributed by atoms with van der Waals surface area (Å²) in [4.78, 5) is 15.3. The van der Waals surface area contributed by atoms with Crippen molar-refractivity contribution in [2.24, 2.45) is 0 Å². The Hall–Kier alpha value is -0.860. The number of hydrogen-bond donors (Lipinski definition) is 0. The Bertz CT molecular complexity index is 546. The molecule has 1 unspecified atom stereocenters. The van der Waals surface area contributed by atoms with E-state index >= 15 is 0 Å². The number of carbonyl (C=O) groups is 1. The molecule has 0 spiro atoms. The summed E-state index contributed by atoms with van der Waals surface area (Å²) in [6.45, 7) is 0.687. The standard InChI is InChI=1S/C13H13BrN2OS/c14-8-5-12(17)16(7-8)13-10(6-15)9-3-1-2-4-11(9)18-13/h8H,1-5,7H2. The summed E-state index contributed by atoms with van der Waals surface area (Å²) >= 11 is 5.15. The molecule has 2 heterocycles. The maximum atomic E-state index is 12.0. The Morgan fingerprint density at radius 3 is 2.83 bits per heavy atom. The molecule has 0 aromatic carbocycles. The number of amides is 1. The van der Waals surface area contributed by atoms with Gasteiger partial charge in [-0.2, -0.15) is 5.26 Å². The first-order valence-electron chi connectivity index (χ1n) is 6.19. The molecule has 2 aliphatic rings. The van der Waals surface area contributed by atoms with Gasteiger partial charge in [-0.05, 0) is 31.2 Å². The van der Waals surface area contributed by atoms with Crippen molar-refractivity contribution in [2.45, 2.75) is 36.9 Å². The van der Waals surface area contributed by atoms with Gasteiger partial charge < -0.3 is 4.90 Å². The molecule has 1 aliphatic carbocycles.